The Labute approximate surface area is 152 Å². The Balaban J connectivity index is 1.70. The summed E-state index contributed by atoms with van der Waals surface area (Å²) < 4.78 is 13.1. The molecule has 1 atom stereocenters. The molecular weight excluding hydrogens is 335 g/mol. The van der Waals surface area contributed by atoms with Gasteiger partial charge in [0.2, 0.25) is 0 Å². The van der Waals surface area contributed by atoms with Gasteiger partial charge in [0, 0.05) is 26.3 Å². The largest absolute Gasteiger partial charge is 0.386 e. The summed E-state index contributed by atoms with van der Waals surface area (Å²) in [7, 11) is 1.67. The topological polar surface area (TPSA) is 69.6 Å². The highest BCUT2D eigenvalue weighted by Crippen LogP contribution is 2.26. The molecular formula is C19H23FN4O2. The van der Waals surface area contributed by atoms with Crippen molar-refractivity contribution in [2.24, 2.45) is 0 Å². The number of hydrogen-bond acceptors (Lipinski definition) is 5. The van der Waals surface area contributed by atoms with Crippen molar-refractivity contribution in [3.05, 3.63) is 53.7 Å². The average molecular weight is 358 g/mol. The van der Waals surface area contributed by atoms with Crippen LogP contribution in [0.1, 0.15) is 28.9 Å². The van der Waals surface area contributed by atoms with E-state index in [2.05, 4.69) is 9.97 Å². The van der Waals surface area contributed by atoms with Crippen molar-refractivity contribution in [1.29, 1.82) is 0 Å². The zero-order valence-electron chi connectivity index (χ0n) is 15.0. The summed E-state index contributed by atoms with van der Waals surface area (Å²) in [5, 5.41) is 11.0. The third-order valence-electron chi connectivity index (χ3n) is 4.68. The Morgan fingerprint density at radius 1 is 1.38 bits per heavy atom. The molecule has 2 aromatic rings. The number of anilines is 1. The monoisotopic (exact) mass is 358 g/mol. The van der Waals surface area contributed by atoms with E-state index >= 15 is 0 Å². The SMILES string of the molecule is Cc1cccnc1C(=O)N(C)C[C@@]1(O)CCCN(c2ccc(F)cn2)C1. The minimum absolute atomic E-state index is 0.194. The smallest absolute Gasteiger partial charge is 0.272 e. The molecule has 1 aliphatic rings. The molecule has 0 unspecified atom stereocenters. The Bertz CT molecular complexity index is 783. The van der Waals surface area contributed by atoms with Crippen LogP contribution in [0, 0.1) is 12.7 Å². The van der Waals surface area contributed by atoms with Crippen molar-refractivity contribution in [1.82, 2.24) is 14.9 Å². The molecule has 6 nitrogen and oxygen atoms in total. The van der Waals surface area contributed by atoms with Crippen molar-refractivity contribution in [2.45, 2.75) is 25.4 Å². The van der Waals surface area contributed by atoms with Gasteiger partial charge in [0.15, 0.2) is 0 Å². The van der Waals surface area contributed by atoms with Crippen molar-refractivity contribution in [3.8, 4) is 0 Å². The van der Waals surface area contributed by atoms with Gasteiger partial charge in [0.25, 0.3) is 5.91 Å². The number of hydrogen-bond donors (Lipinski definition) is 1. The molecule has 1 saturated heterocycles. The Hall–Kier alpha value is -2.54. The summed E-state index contributed by atoms with van der Waals surface area (Å²) in [6.45, 7) is 3.10. The van der Waals surface area contributed by atoms with Crippen molar-refractivity contribution in [2.75, 3.05) is 31.6 Å². The maximum Gasteiger partial charge on any atom is 0.272 e. The zero-order chi connectivity index (χ0) is 18.7. The molecule has 1 fully saturated rings. The van der Waals surface area contributed by atoms with Gasteiger partial charge in [-0.2, -0.15) is 0 Å². The number of aryl methyl sites for hydroxylation is 1. The van der Waals surface area contributed by atoms with E-state index in [-0.39, 0.29) is 12.5 Å². The number of likely N-dealkylation sites (N-methyl/N-ethyl adjacent to an activating group) is 1. The van der Waals surface area contributed by atoms with Crippen LogP contribution >= 0.6 is 0 Å². The summed E-state index contributed by atoms with van der Waals surface area (Å²) in [6, 6.07) is 6.59. The normalized spacial score (nSPS) is 20.1. The fourth-order valence-electron chi connectivity index (χ4n) is 3.40. The molecule has 3 heterocycles. The number of carbonyl (C=O) groups is 1. The number of halogens is 1. The lowest BCUT2D eigenvalue weighted by Crippen LogP contribution is -2.55. The van der Waals surface area contributed by atoms with Gasteiger partial charge in [-0.15, -0.1) is 0 Å². The maximum absolute atomic E-state index is 13.1. The van der Waals surface area contributed by atoms with Crippen LogP contribution in [0.5, 0.6) is 0 Å². The van der Waals surface area contributed by atoms with Gasteiger partial charge in [0.05, 0.1) is 18.3 Å². The first-order valence-corrected chi connectivity index (χ1v) is 8.64. The third kappa shape index (κ3) is 3.99. The van der Waals surface area contributed by atoms with Crippen LogP contribution in [0.15, 0.2) is 36.7 Å². The number of amides is 1. The van der Waals surface area contributed by atoms with Gasteiger partial charge in [-0.1, -0.05) is 6.07 Å². The number of rotatable bonds is 4. The average Bonchev–Trinajstić information content (AvgIpc) is 2.62. The van der Waals surface area contributed by atoms with E-state index in [4.69, 9.17) is 0 Å². The van der Waals surface area contributed by atoms with Crippen LogP contribution in [-0.2, 0) is 0 Å². The zero-order valence-corrected chi connectivity index (χ0v) is 15.0. The van der Waals surface area contributed by atoms with Gasteiger partial charge in [-0.05, 0) is 43.5 Å². The molecule has 2 aromatic heterocycles. The molecule has 0 radical (unpaired) electrons. The van der Waals surface area contributed by atoms with Crippen LogP contribution in [0.3, 0.4) is 0 Å². The number of β-amino-alcohol motifs (C(OH)–C–C–N with tert-alkyl or cyclic N) is 1. The van der Waals surface area contributed by atoms with Gasteiger partial charge in [-0.25, -0.2) is 9.37 Å². The van der Waals surface area contributed by atoms with Crippen molar-refractivity contribution >= 4 is 11.7 Å². The standard InChI is InChI=1S/C19H23FN4O2/c1-14-5-3-9-21-17(14)18(25)23(2)12-19(26)8-4-10-24(13-19)16-7-6-15(20)11-22-16/h3,5-7,9,11,26H,4,8,10,12-13H2,1-2H3/t19-/m0/s1. The van der Waals surface area contributed by atoms with E-state index in [0.29, 0.717) is 24.5 Å². The highest BCUT2D eigenvalue weighted by Gasteiger charge is 2.36. The lowest BCUT2D eigenvalue weighted by atomic mass is 9.92. The first kappa shape index (κ1) is 18.3. The van der Waals surface area contributed by atoms with Crippen LogP contribution in [0.4, 0.5) is 10.2 Å². The quantitative estimate of drug-likeness (QED) is 0.906. The highest BCUT2D eigenvalue weighted by molar-refractivity contribution is 5.93. The van der Waals surface area contributed by atoms with Gasteiger partial charge in [-0.3, -0.25) is 9.78 Å². The molecule has 7 heteroatoms. The van der Waals surface area contributed by atoms with E-state index in [9.17, 15) is 14.3 Å². The second-order valence-corrected chi connectivity index (χ2v) is 6.91. The van der Waals surface area contributed by atoms with Gasteiger partial charge in [0.1, 0.15) is 17.3 Å². The molecule has 0 spiro atoms. The fourth-order valence-corrected chi connectivity index (χ4v) is 3.40. The van der Waals surface area contributed by atoms with Crippen LogP contribution in [-0.4, -0.2) is 58.2 Å². The predicted molar refractivity (Wildman–Crippen MR) is 96.5 cm³/mol. The molecule has 0 bridgehead atoms. The number of piperidine rings is 1. The summed E-state index contributed by atoms with van der Waals surface area (Å²) in [4.78, 5) is 24.3. The van der Waals surface area contributed by atoms with Crippen molar-refractivity contribution in [3.63, 3.8) is 0 Å². The molecule has 1 aliphatic heterocycles. The minimum atomic E-state index is -1.05. The summed E-state index contributed by atoms with van der Waals surface area (Å²) in [5.41, 5.74) is 0.144. The number of aromatic nitrogens is 2. The van der Waals surface area contributed by atoms with E-state index in [0.717, 1.165) is 18.5 Å². The molecule has 1 N–H and O–H groups in total. The Morgan fingerprint density at radius 3 is 2.88 bits per heavy atom. The lowest BCUT2D eigenvalue weighted by molar-refractivity contribution is -0.000304. The van der Waals surface area contributed by atoms with Crippen molar-refractivity contribution < 1.29 is 14.3 Å². The van der Waals surface area contributed by atoms with Crippen LogP contribution in [0.25, 0.3) is 0 Å². The molecule has 26 heavy (non-hydrogen) atoms. The molecule has 0 saturated carbocycles. The first-order valence-electron chi connectivity index (χ1n) is 8.64. The number of nitrogens with zero attached hydrogens (tertiary/aromatic N) is 4. The predicted octanol–water partition coefficient (Wildman–Crippen LogP) is 2.03. The molecule has 0 aliphatic carbocycles. The minimum Gasteiger partial charge on any atom is -0.386 e. The van der Waals surface area contributed by atoms with E-state index in [1.807, 2.05) is 17.9 Å². The number of pyridine rings is 2. The second-order valence-electron chi connectivity index (χ2n) is 6.91. The fraction of sp³-hybridized carbons (Fsp3) is 0.421. The van der Waals surface area contributed by atoms with E-state index < -0.39 is 11.4 Å². The van der Waals surface area contributed by atoms with Gasteiger partial charge >= 0.3 is 0 Å². The number of aliphatic hydroxyl groups is 1. The summed E-state index contributed by atoms with van der Waals surface area (Å²) in [5.74, 6) is 0.0183. The van der Waals surface area contributed by atoms with E-state index in [1.54, 1.807) is 25.4 Å². The van der Waals surface area contributed by atoms with Crippen LogP contribution in [0.2, 0.25) is 0 Å². The maximum atomic E-state index is 13.1. The Kier molecular flexibility index (Phi) is 5.18. The molecule has 1 amide bonds. The van der Waals surface area contributed by atoms with Gasteiger partial charge < -0.3 is 14.9 Å². The van der Waals surface area contributed by atoms with Crippen LogP contribution < -0.4 is 4.90 Å². The summed E-state index contributed by atoms with van der Waals surface area (Å²) >= 11 is 0. The Morgan fingerprint density at radius 2 is 2.19 bits per heavy atom. The second kappa shape index (κ2) is 7.37. The first-order chi connectivity index (χ1) is 12.4. The highest BCUT2D eigenvalue weighted by atomic mass is 19.1. The number of carbonyl (C=O) groups excluding carboxylic acids is 1. The van der Waals surface area contributed by atoms with E-state index in [1.165, 1.54) is 17.2 Å². The summed E-state index contributed by atoms with van der Waals surface area (Å²) in [6.07, 6.45) is 4.11. The third-order valence-corrected chi connectivity index (χ3v) is 4.68. The molecule has 138 valence electrons. The molecule has 0 aromatic carbocycles. The lowest BCUT2D eigenvalue weighted by Gasteiger charge is -2.41. The molecule has 3 rings (SSSR count).